The Morgan fingerprint density at radius 2 is 1.59 bits per heavy atom. The van der Waals surface area contributed by atoms with Gasteiger partial charge in [0.2, 0.25) is 10.0 Å². The summed E-state index contributed by atoms with van der Waals surface area (Å²) in [6.45, 7) is 7.57. The van der Waals surface area contributed by atoms with Gasteiger partial charge in [0.25, 0.3) is 5.91 Å². The first-order valence-corrected chi connectivity index (χ1v) is 10.3. The highest BCUT2D eigenvalue weighted by Gasteiger charge is 2.17. The molecule has 146 valence electrons. The van der Waals surface area contributed by atoms with Crippen molar-refractivity contribution in [2.45, 2.75) is 51.3 Å². The molecule has 2 N–H and O–H groups in total. The number of hydrogen-bond donors (Lipinski definition) is 2. The molecule has 0 aliphatic heterocycles. The van der Waals surface area contributed by atoms with Crippen molar-refractivity contribution in [2.24, 2.45) is 0 Å². The van der Waals surface area contributed by atoms with Crippen LogP contribution in [0, 0.1) is 6.92 Å². The molecule has 2 aromatic carbocycles. The van der Waals surface area contributed by atoms with Gasteiger partial charge in [-0.25, -0.2) is 13.1 Å². The number of rotatable bonds is 8. The van der Waals surface area contributed by atoms with Crippen LogP contribution >= 0.6 is 0 Å². The second-order valence-electron chi connectivity index (χ2n) is 6.70. The highest BCUT2D eigenvalue weighted by atomic mass is 32.2. The molecular formula is C20H26N2O4S. The summed E-state index contributed by atoms with van der Waals surface area (Å²) in [7, 11) is -3.63. The van der Waals surface area contributed by atoms with Gasteiger partial charge >= 0.3 is 0 Å². The van der Waals surface area contributed by atoms with Crippen LogP contribution < -0.4 is 14.8 Å². The second-order valence-corrected chi connectivity index (χ2v) is 8.47. The van der Waals surface area contributed by atoms with Gasteiger partial charge in [-0.2, -0.15) is 0 Å². The van der Waals surface area contributed by atoms with Gasteiger partial charge in [-0.05, 0) is 57.5 Å². The van der Waals surface area contributed by atoms with Gasteiger partial charge in [0.15, 0.2) is 6.10 Å². The summed E-state index contributed by atoms with van der Waals surface area (Å²) in [5.74, 6) is 0.209. The van der Waals surface area contributed by atoms with Gasteiger partial charge in [-0.1, -0.05) is 29.8 Å². The van der Waals surface area contributed by atoms with Crippen LogP contribution in [0.4, 0.5) is 0 Å². The fraction of sp³-hybridized carbons (Fsp3) is 0.350. The standard InChI is InChI=1S/C20H26N2O4S/c1-14(2)22-20(23)16(4)26-18-9-11-19(12-10-18)27(24,25)21-13-17-7-5-15(3)6-8-17/h5-12,14,16,21H,13H2,1-4H3,(H,22,23)/t16-/m0/s1. The number of nitrogens with one attached hydrogen (secondary N) is 2. The van der Waals surface area contributed by atoms with Gasteiger partial charge in [-0.15, -0.1) is 0 Å². The van der Waals surface area contributed by atoms with Crippen molar-refractivity contribution in [2.75, 3.05) is 0 Å². The number of hydrogen-bond acceptors (Lipinski definition) is 4. The van der Waals surface area contributed by atoms with E-state index in [0.717, 1.165) is 11.1 Å². The first-order valence-electron chi connectivity index (χ1n) is 8.79. The molecule has 7 heteroatoms. The van der Waals surface area contributed by atoms with Gasteiger partial charge in [0.05, 0.1) is 4.90 Å². The van der Waals surface area contributed by atoms with Gasteiger partial charge in [0, 0.05) is 12.6 Å². The molecule has 2 aromatic rings. The van der Waals surface area contributed by atoms with Crippen molar-refractivity contribution in [3.05, 3.63) is 59.7 Å². The molecule has 0 radical (unpaired) electrons. The quantitative estimate of drug-likeness (QED) is 0.726. The fourth-order valence-electron chi connectivity index (χ4n) is 2.32. The third-order valence-electron chi connectivity index (χ3n) is 3.83. The lowest BCUT2D eigenvalue weighted by Gasteiger charge is -2.16. The minimum Gasteiger partial charge on any atom is -0.481 e. The number of ether oxygens (including phenoxy) is 1. The van der Waals surface area contributed by atoms with E-state index in [1.165, 1.54) is 12.1 Å². The Morgan fingerprint density at radius 1 is 1.00 bits per heavy atom. The summed E-state index contributed by atoms with van der Waals surface area (Å²) in [6, 6.07) is 13.7. The predicted molar refractivity (Wildman–Crippen MR) is 105 cm³/mol. The Morgan fingerprint density at radius 3 is 2.15 bits per heavy atom. The monoisotopic (exact) mass is 390 g/mol. The zero-order valence-corrected chi connectivity index (χ0v) is 16.8. The van der Waals surface area contributed by atoms with Crippen LogP contribution in [0.25, 0.3) is 0 Å². The molecule has 6 nitrogen and oxygen atoms in total. The van der Waals surface area contributed by atoms with Crippen LogP contribution in [-0.2, 0) is 21.4 Å². The Balaban J connectivity index is 1.98. The minimum absolute atomic E-state index is 0.0238. The van der Waals surface area contributed by atoms with E-state index in [1.54, 1.807) is 19.1 Å². The SMILES string of the molecule is Cc1ccc(CNS(=O)(=O)c2ccc(O[C@@H](C)C(=O)NC(C)C)cc2)cc1. The topological polar surface area (TPSA) is 84.5 Å². The molecule has 2 rings (SSSR count). The fourth-order valence-corrected chi connectivity index (χ4v) is 3.34. The molecule has 0 aliphatic rings. The molecule has 0 fully saturated rings. The maximum atomic E-state index is 12.4. The van der Waals surface area contributed by atoms with Crippen molar-refractivity contribution in [3.8, 4) is 5.75 Å². The number of carbonyl (C=O) groups excluding carboxylic acids is 1. The number of sulfonamides is 1. The van der Waals surface area contributed by atoms with Gasteiger partial charge in [-0.3, -0.25) is 4.79 Å². The Hall–Kier alpha value is -2.38. The molecule has 0 saturated carbocycles. The lowest BCUT2D eigenvalue weighted by atomic mass is 10.2. The molecule has 0 aromatic heterocycles. The second kappa shape index (κ2) is 9.01. The van der Waals surface area contributed by atoms with Crippen LogP contribution in [0.3, 0.4) is 0 Å². The van der Waals surface area contributed by atoms with E-state index in [2.05, 4.69) is 10.0 Å². The average Bonchev–Trinajstić information content (AvgIpc) is 2.61. The maximum absolute atomic E-state index is 12.4. The summed E-state index contributed by atoms with van der Waals surface area (Å²) < 4.78 is 33.0. The van der Waals surface area contributed by atoms with E-state index in [-0.39, 0.29) is 23.4 Å². The molecule has 0 heterocycles. The van der Waals surface area contributed by atoms with Crippen molar-refractivity contribution in [1.29, 1.82) is 0 Å². The van der Waals surface area contributed by atoms with Gasteiger partial charge < -0.3 is 10.1 Å². The number of benzene rings is 2. The Labute approximate surface area is 161 Å². The summed E-state index contributed by atoms with van der Waals surface area (Å²) in [6.07, 6.45) is -0.672. The van der Waals surface area contributed by atoms with Crippen LogP contribution in [0.2, 0.25) is 0 Å². The highest BCUT2D eigenvalue weighted by Crippen LogP contribution is 2.17. The molecule has 0 unspecified atom stereocenters. The molecule has 0 bridgehead atoms. The molecule has 0 aliphatic carbocycles. The molecule has 0 spiro atoms. The van der Waals surface area contributed by atoms with E-state index in [1.807, 2.05) is 45.0 Å². The first-order chi connectivity index (χ1) is 12.7. The Kier molecular flexibility index (Phi) is 6.98. The summed E-state index contributed by atoms with van der Waals surface area (Å²) in [5.41, 5.74) is 2.00. The Bertz CT molecular complexity index is 860. The largest absolute Gasteiger partial charge is 0.481 e. The zero-order chi connectivity index (χ0) is 20.0. The number of amides is 1. The van der Waals surface area contributed by atoms with E-state index < -0.39 is 16.1 Å². The maximum Gasteiger partial charge on any atom is 0.260 e. The van der Waals surface area contributed by atoms with Crippen LogP contribution in [0.1, 0.15) is 31.9 Å². The van der Waals surface area contributed by atoms with E-state index in [4.69, 9.17) is 4.74 Å². The van der Waals surface area contributed by atoms with Crippen molar-refractivity contribution in [1.82, 2.24) is 10.0 Å². The highest BCUT2D eigenvalue weighted by molar-refractivity contribution is 7.89. The smallest absolute Gasteiger partial charge is 0.260 e. The normalized spacial score (nSPS) is 12.6. The summed E-state index contributed by atoms with van der Waals surface area (Å²) in [4.78, 5) is 12.0. The minimum atomic E-state index is -3.63. The van der Waals surface area contributed by atoms with Crippen molar-refractivity contribution in [3.63, 3.8) is 0 Å². The third-order valence-corrected chi connectivity index (χ3v) is 5.25. The molecule has 1 atom stereocenters. The number of carbonyl (C=O) groups is 1. The average molecular weight is 391 g/mol. The van der Waals surface area contributed by atoms with E-state index in [9.17, 15) is 13.2 Å². The van der Waals surface area contributed by atoms with E-state index >= 15 is 0 Å². The molecular weight excluding hydrogens is 364 g/mol. The lowest BCUT2D eigenvalue weighted by Crippen LogP contribution is -2.40. The van der Waals surface area contributed by atoms with Crippen LogP contribution in [0.15, 0.2) is 53.4 Å². The van der Waals surface area contributed by atoms with E-state index in [0.29, 0.717) is 5.75 Å². The van der Waals surface area contributed by atoms with Crippen LogP contribution in [0.5, 0.6) is 5.75 Å². The van der Waals surface area contributed by atoms with Gasteiger partial charge in [0.1, 0.15) is 5.75 Å². The van der Waals surface area contributed by atoms with Crippen LogP contribution in [-0.4, -0.2) is 26.5 Å². The summed E-state index contributed by atoms with van der Waals surface area (Å²) >= 11 is 0. The molecule has 0 saturated heterocycles. The van der Waals surface area contributed by atoms with Crippen molar-refractivity contribution < 1.29 is 17.9 Å². The first kappa shape index (κ1) is 20.9. The third kappa shape index (κ3) is 6.37. The molecule has 27 heavy (non-hydrogen) atoms. The molecule has 1 amide bonds. The predicted octanol–water partition coefficient (Wildman–Crippen LogP) is 2.77. The van der Waals surface area contributed by atoms with Crippen molar-refractivity contribution >= 4 is 15.9 Å². The lowest BCUT2D eigenvalue weighted by molar-refractivity contribution is -0.127. The zero-order valence-electron chi connectivity index (χ0n) is 16.0. The number of aryl methyl sites for hydroxylation is 1. The summed E-state index contributed by atoms with van der Waals surface area (Å²) in [5, 5.41) is 2.76.